The van der Waals surface area contributed by atoms with E-state index >= 15 is 0 Å². The third kappa shape index (κ3) is 5.22. The number of halogens is 3. The molecular formula is C20H23F3N4O. The van der Waals surface area contributed by atoms with E-state index in [1.165, 1.54) is 6.07 Å². The number of alkyl halides is 3. The van der Waals surface area contributed by atoms with Gasteiger partial charge in [-0.15, -0.1) is 0 Å². The molecule has 1 atom stereocenters. The predicted molar refractivity (Wildman–Crippen MR) is 101 cm³/mol. The Hall–Kier alpha value is -2.61. The summed E-state index contributed by atoms with van der Waals surface area (Å²) in [4.78, 5) is 10.4. The summed E-state index contributed by atoms with van der Waals surface area (Å²) in [6.45, 7) is 2.17. The lowest BCUT2D eigenvalue weighted by Crippen LogP contribution is -2.48. The molecule has 1 aliphatic rings. The molecule has 3 rings (SSSR count). The van der Waals surface area contributed by atoms with Crippen molar-refractivity contribution in [3.8, 4) is 0 Å². The molecule has 28 heavy (non-hydrogen) atoms. The van der Waals surface area contributed by atoms with Gasteiger partial charge in [0, 0.05) is 32.5 Å². The third-order valence-electron chi connectivity index (χ3n) is 4.58. The number of aromatic nitrogens is 1. The molecule has 0 spiro atoms. The number of nitrogens with one attached hydrogen (secondary N) is 1. The minimum atomic E-state index is -4.37. The van der Waals surface area contributed by atoms with Crippen LogP contribution in [0.5, 0.6) is 0 Å². The van der Waals surface area contributed by atoms with E-state index in [9.17, 15) is 13.2 Å². The quantitative estimate of drug-likeness (QED) is 0.641. The first kappa shape index (κ1) is 20.1. The lowest BCUT2D eigenvalue weighted by Gasteiger charge is -2.35. The Bertz CT molecular complexity index is 796. The number of morpholine rings is 1. The van der Waals surface area contributed by atoms with Crippen LogP contribution in [0.2, 0.25) is 0 Å². The number of hydrogen-bond acceptors (Lipinski definition) is 3. The standard InChI is InChI=1S/C20H23F3N4O/c1-24-19(26-9-7-15-4-3-8-25-13-15)27-10-11-28-18(14-27)16-5-2-6-17(12-16)20(21,22)23/h2-6,8,12-13,18H,7,9-11,14H2,1H3,(H,24,26). The van der Waals surface area contributed by atoms with Gasteiger partial charge in [-0.05, 0) is 35.7 Å². The highest BCUT2D eigenvalue weighted by Gasteiger charge is 2.32. The first-order chi connectivity index (χ1) is 13.5. The van der Waals surface area contributed by atoms with Crippen molar-refractivity contribution in [2.24, 2.45) is 4.99 Å². The summed E-state index contributed by atoms with van der Waals surface area (Å²) in [5.41, 5.74) is 0.976. The number of benzene rings is 1. The van der Waals surface area contributed by atoms with Crippen LogP contribution in [0.4, 0.5) is 13.2 Å². The van der Waals surface area contributed by atoms with Crippen molar-refractivity contribution in [2.75, 3.05) is 33.3 Å². The molecule has 150 valence electrons. The maximum absolute atomic E-state index is 13.0. The second-order valence-corrected chi connectivity index (χ2v) is 6.51. The van der Waals surface area contributed by atoms with Gasteiger partial charge in [0.15, 0.2) is 5.96 Å². The predicted octanol–water partition coefficient (Wildman–Crippen LogP) is 3.29. The van der Waals surface area contributed by atoms with Gasteiger partial charge in [-0.1, -0.05) is 18.2 Å². The van der Waals surface area contributed by atoms with Gasteiger partial charge in [0.1, 0.15) is 6.10 Å². The molecule has 2 aromatic rings. The SMILES string of the molecule is CN=C(NCCc1cccnc1)N1CCOC(c2cccc(C(F)(F)F)c2)C1. The van der Waals surface area contributed by atoms with Gasteiger partial charge < -0.3 is 15.0 Å². The van der Waals surface area contributed by atoms with Gasteiger partial charge in [-0.3, -0.25) is 9.98 Å². The first-order valence-corrected chi connectivity index (χ1v) is 9.10. The Labute approximate surface area is 162 Å². The molecular weight excluding hydrogens is 369 g/mol. The summed E-state index contributed by atoms with van der Waals surface area (Å²) >= 11 is 0. The summed E-state index contributed by atoms with van der Waals surface area (Å²) in [6.07, 6.45) is -0.448. The number of rotatable bonds is 4. The average Bonchev–Trinajstić information content (AvgIpc) is 2.71. The average molecular weight is 392 g/mol. The zero-order valence-corrected chi connectivity index (χ0v) is 15.6. The fraction of sp³-hybridized carbons (Fsp3) is 0.400. The molecule has 0 amide bonds. The Morgan fingerprint density at radius 2 is 2.18 bits per heavy atom. The van der Waals surface area contributed by atoms with Crippen molar-refractivity contribution in [3.05, 3.63) is 65.5 Å². The summed E-state index contributed by atoms with van der Waals surface area (Å²) in [7, 11) is 1.70. The van der Waals surface area contributed by atoms with Crippen LogP contribution in [0.25, 0.3) is 0 Å². The molecule has 1 aliphatic heterocycles. The van der Waals surface area contributed by atoms with Gasteiger partial charge in [0.05, 0.1) is 18.7 Å². The van der Waals surface area contributed by atoms with E-state index in [0.717, 1.165) is 24.1 Å². The number of nitrogens with zero attached hydrogens (tertiary/aromatic N) is 3. The number of hydrogen-bond donors (Lipinski definition) is 1. The molecule has 0 bridgehead atoms. The molecule has 0 saturated carbocycles. The molecule has 0 aliphatic carbocycles. The van der Waals surface area contributed by atoms with Crippen LogP contribution in [0.15, 0.2) is 53.8 Å². The normalized spacial score (nSPS) is 18.2. The van der Waals surface area contributed by atoms with Crippen LogP contribution in [0.3, 0.4) is 0 Å². The van der Waals surface area contributed by atoms with Crippen molar-refractivity contribution in [3.63, 3.8) is 0 Å². The Balaban J connectivity index is 1.61. The Kier molecular flexibility index (Phi) is 6.51. The van der Waals surface area contributed by atoms with E-state index in [2.05, 4.69) is 15.3 Å². The highest BCUT2D eigenvalue weighted by molar-refractivity contribution is 5.80. The molecule has 1 unspecified atom stereocenters. The van der Waals surface area contributed by atoms with E-state index in [1.54, 1.807) is 19.3 Å². The monoisotopic (exact) mass is 392 g/mol. The van der Waals surface area contributed by atoms with Crippen LogP contribution in [-0.2, 0) is 17.3 Å². The van der Waals surface area contributed by atoms with E-state index in [0.29, 0.717) is 37.8 Å². The third-order valence-corrected chi connectivity index (χ3v) is 4.58. The number of pyridine rings is 1. The maximum Gasteiger partial charge on any atom is 0.416 e. The van der Waals surface area contributed by atoms with Gasteiger partial charge in [-0.2, -0.15) is 13.2 Å². The molecule has 5 nitrogen and oxygen atoms in total. The van der Waals surface area contributed by atoms with Gasteiger partial charge in [0.25, 0.3) is 0 Å². The molecule has 1 aromatic carbocycles. The van der Waals surface area contributed by atoms with Crippen LogP contribution >= 0.6 is 0 Å². The Morgan fingerprint density at radius 1 is 1.32 bits per heavy atom. The molecule has 1 aromatic heterocycles. The summed E-state index contributed by atoms with van der Waals surface area (Å²) < 4.78 is 44.7. The molecule has 1 fully saturated rings. The van der Waals surface area contributed by atoms with E-state index in [-0.39, 0.29) is 0 Å². The molecule has 8 heteroatoms. The molecule has 0 radical (unpaired) electrons. The van der Waals surface area contributed by atoms with Crippen LogP contribution in [-0.4, -0.2) is 49.1 Å². The largest absolute Gasteiger partial charge is 0.416 e. The maximum atomic E-state index is 13.0. The number of guanidine groups is 1. The van der Waals surface area contributed by atoms with Gasteiger partial charge >= 0.3 is 6.18 Å². The van der Waals surface area contributed by atoms with Crippen molar-refractivity contribution < 1.29 is 17.9 Å². The lowest BCUT2D eigenvalue weighted by molar-refractivity contribution is -0.137. The second-order valence-electron chi connectivity index (χ2n) is 6.51. The minimum Gasteiger partial charge on any atom is -0.370 e. The van der Waals surface area contributed by atoms with Crippen molar-refractivity contribution in [2.45, 2.75) is 18.7 Å². The molecule has 1 N–H and O–H groups in total. The highest BCUT2D eigenvalue weighted by Crippen LogP contribution is 2.32. The topological polar surface area (TPSA) is 49.8 Å². The minimum absolute atomic E-state index is 0.421. The molecule has 1 saturated heterocycles. The van der Waals surface area contributed by atoms with Gasteiger partial charge in [0.2, 0.25) is 0 Å². The smallest absolute Gasteiger partial charge is 0.370 e. The highest BCUT2D eigenvalue weighted by atomic mass is 19.4. The zero-order chi connectivity index (χ0) is 20.0. The number of ether oxygens (including phenoxy) is 1. The second kappa shape index (κ2) is 9.05. The molecule has 2 heterocycles. The summed E-state index contributed by atoms with van der Waals surface area (Å²) in [6, 6.07) is 9.22. The Morgan fingerprint density at radius 3 is 2.89 bits per heavy atom. The first-order valence-electron chi connectivity index (χ1n) is 9.10. The summed E-state index contributed by atoms with van der Waals surface area (Å²) in [5.74, 6) is 0.712. The lowest BCUT2D eigenvalue weighted by atomic mass is 10.0. The van der Waals surface area contributed by atoms with E-state index < -0.39 is 17.8 Å². The number of aliphatic imine (C=N–C) groups is 1. The summed E-state index contributed by atoms with van der Waals surface area (Å²) in [5, 5.41) is 3.31. The van der Waals surface area contributed by atoms with E-state index in [4.69, 9.17) is 4.74 Å². The van der Waals surface area contributed by atoms with E-state index in [1.807, 2.05) is 23.2 Å². The van der Waals surface area contributed by atoms with Crippen molar-refractivity contribution in [1.82, 2.24) is 15.2 Å². The van der Waals surface area contributed by atoms with Crippen LogP contribution in [0.1, 0.15) is 22.8 Å². The zero-order valence-electron chi connectivity index (χ0n) is 15.6. The van der Waals surface area contributed by atoms with Gasteiger partial charge in [-0.25, -0.2) is 0 Å². The van der Waals surface area contributed by atoms with Crippen LogP contribution in [0, 0.1) is 0 Å². The van der Waals surface area contributed by atoms with Crippen molar-refractivity contribution in [1.29, 1.82) is 0 Å². The fourth-order valence-corrected chi connectivity index (χ4v) is 3.16. The van der Waals surface area contributed by atoms with Crippen molar-refractivity contribution >= 4 is 5.96 Å². The fourth-order valence-electron chi connectivity index (χ4n) is 3.16. The van der Waals surface area contributed by atoms with Crippen LogP contribution < -0.4 is 5.32 Å².